The molecule has 0 saturated carbocycles. The summed E-state index contributed by atoms with van der Waals surface area (Å²) < 4.78 is 0.678. The molecule has 102 valence electrons. The van der Waals surface area contributed by atoms with Crippen LogP contribution >= 0.6 is 35.3 Å². The van der Waals surface area contributed by atoms with Crippen LogP contribution in [0.25, 0.3) is 0 Å². The van der Waals surface area contributed by atoms with E-state index >= 15 is 0 Å². The minimum Gasteiger partial charge on any atom is -0.338 e. The Bertz CT molecular complexity index is 395. The number of carbonyl (C=O) groups is 1. The summed E-state index contributed by atoms with van der Waals surface area (Å²) in [6.07, 6.45) is 2.30. The number of rotatable bonds is 3. The SMILES string of the molecule is CNCC1CCCN(C(=O)c2ccc(Cl)s2)C1.Cl. The lowest BCUT2D eigenvalue weighted by molar-refractivity contribution is 0.0679. The molecule has 2 rings (SSSR count). The topological polar surface area (TPSA) is 32.3 Å². The Morgan fingerprint density at radius 2 is 2.39 bits per heavy atom. The molecular formula is C12H18Cl2N2OS. The summed E-state index contributed by atoms with van der Waals surface area (Å²) in [6.45, 7) is 2.71. The van der Waals surface area contributed by atoms with E-state index in [1.54, 1.807) is 6.07 Å². The number of nitrogens with one attached hydrogen (secondary N) is 1. The molecule has 1 amide bonds. The summed E-state index contributed by atoms with van der Waals surface area (Å²) in [7, 11) is 1.96. The van der Waals surface area contributed by atoms with Crippen molar-refractivity contribution in [2.75, 3.05) is 26.7 Å². The number of halogens is 2. The maximum atomic E-state index is 12.2. The van der Waals surface area contributed by atoms with Crippen LogP contribution in [-0.2, 0) is 0 Å². The van der Waals surface area contributed by atoms with E-state index in [2.05, 4.69) is 5.32 Å². The average Bonchev–Trinajstić information content (AvgIpc) is 2.76. The van der Waals surface area contributed by atoms with Gasteiger partial charge in [0, 0.05) is 13.1 Å². The second kappa shape index (κ2) is 7.34. The van der Waals surface area contributed by atoms with E-state index < -0.39 is 0 Å². The number of nitrogens with zero attached hydrogens (tertiary/aromatic N) is 1. The van der Waals surface area contributed by atoms with Gasteiger partial charge in [0.1, 0.15) is 0 Å². The van der Waals surface area contributed by atoms with Crippen molar-refractivity contribution in [1.82, 2.24) is 10.2 Å². The monoisotopic (exact) mass is 308 g/mol. The average molecular weight is 309 g/mol. The molecule has 1 aliphatic heterocycles. The second-order valence-electron chi connectivity index (χ2n) is 4.42. The van der Waals surface area contributed by atoms with Gasteiger partial charge >= 0.3 is 0 Å². The molecule has 0 aromatic carbocycles. The van der Waals surface area contributed by atoms with E-state index in [4.69, 9.17) is 11.6 Å². The highest BCUT2D eigenvalue weighted by Gasteiger charge is 2.24. The van der Waals surface area contributed by atoms with Crippen LogP contribution in [0, 0.1) is 5.92 Å². The molecule has 1 N–H and O–H groups in total. The summed E-state index contributed by atoms with van der Waals surface area (Å²) in [4.78, 5) is 14.9. The summed E-state index contributed by atoms with van der Waals surface area (Å²) >= 11 is 7.22. The van der Waals surface area contributed by atoms with Crippen LogP contribution in [0.4, 0.5) is 0 Å². The van der Waals surface area contributed by atoms with Gasteiger partial charge in [0.25, 0.3) is 5.91 Å². The standard InChI is InChI=1S/C12H17ClN2OS.ClH/c1-14-7-9-3-2-6-15(8-9)12(16)10-4-5-11(13)17-10;/h4-5,9,14H,2-3,6-8H2,1H3;1H. The van der Waals surface area contributed by atoms with Crippen LogP contribution in [0.1, 0.15) is 22.5 Å². The van der Waals surface area contributed by atoms with Gasteiger partial charge in [-0.25, -0.2) is 0 Å². The zero-order chi connectivity index (χ0) is 12.3. The fourth-order valence-corrected chi connectivity index (χ4v) is 3.30. The highest BCUT2D eigenvalue weighted by atomic mass is 35.5. The number of hydrogen-bond donors (Lipinski definition) is 1. The van der Waals surface area contributed by atoms with Crippen LogP contribution in [-0.4, -0.2) is 37.5 Å². The fraction of sp³-hybridized carbons (Fsp3) is 0.583. The third kappa shape index (κ3) is 3.85. The van der Waals surface area contributed by atoms with Crippen molar-refractivity contribution in [1.29, 1.82) is 0 Å². The van der Waals surface area contributed by atoms with Crippen LogP contribution < -0.4 is 5.32 Å². The Kier molecular flexibility index (Phi) is 6.43. The van der Waals surface area contributed by atoms with E-state index in [0.717, 1.165) is 30.9 Å². The van der Waals surface area contributed by atoms with Crippen molar-refractivity contribution >= 4 is 41.3 Å². The van der Waals surface area contributed by atoms with Crippen LogP contribution in [0.3, 0.4) is 0 Å². The summed E-state index contributed by atoms with van der Waals surface area (Å²) in [5, 5.41) is 3.18. The Labute approximate surface area is 123 Å². The molecule has 18 heavy (non-hydrogen) atoms. The van der Waals surface area contributed by atoms with Gasteiger partial charge < -0.3 is 10.2 Å². The first-order chi connectivity index (χ1) is 8.20. The molecule has 1 aliphatic rings. The van der Waals surface area contributed by atoms with Crippen molar-refractivity contribution in [3.8, 4) is 0 Å². The van der Waals surface area contributed by atoms with Gasteiger partial charge in [-0.3, -0.25) is 4.79 Å². The van der Waals surface area contributed by atoms with Crippen LogP contribution in [0.5, 0.6) is 0 Å². The summed E-state index contributed by atoms with van der Waals surface area (Å²) in [5.41, 5.74) is 0. The third-order valence-electron chi connectivity index (χ3n) is 3.08. The van der Waals surface area contributed by atoms with E-state index in [9.17, 15) is 4.79 Å². The molecule has 1 saturated heterocycles. The zero-order valence-corrected chi connectivity index (χ0v) is 12.7. The van der Waals surface area contributed by atoms with Gasteiger partial charge in [-0.05, 0) is 44.5 Å². The number of thiophene rings is 1. The first-order valence-corrected chi connectivity index (χ1v) is 7.09. The minimum absolute atomic E-state index is 0. The van der Waals surface area contributed by atoms with E-state index in [-0.39, 0.29) is 18.3 Å². The molecular weight excluding hydrogens is 291 g/mol. The summed E-state index contributed by atoms with van der Waals surface area (Å²) in [5.74, 6) is 0.704. The fourth-order valence-electron chi connectivity index (χ4n) is 2.29. The van der Waals surface area contributed by atoms with Gasteiger partial charge in [0.2, 0.25) is 0 Å². The van der Waals surface area contributed by atoms with Crippen LogP contribution in [0.2, 0.25) is 4.34 Å². The van der Waals surface area contributed by atoms with E-state index in [0.29, 0.717) is 10.3 Å². The molecule has 3 nitrogen and oxygen atoms in total. The quantitative estimate of drug-likeness (QED) is 0.931. The molecule has 0 bridgehead atoms. The Hall–Kier alpha value is -0.290. The molecule has 1 aromatic rings. The van der Waals surface area contributed by atoms with Crippen molar-refractivity contribution in [3.63, 3.8) is 0 Å². The van der Waals surface area contributed by atoms with Crippen molar-refractivity contribution < 1.29 is 4.79 Å². The molecule has 2 heterocycles. The molecule has 6 heteroatoms. The van der Waals surface area contributed by atoms with Gasteiger partial charge in [0.05, 0.1) is 9.21 Å². The maximum absolute atomic E-state index is 12.2. The zero-order valence-electron chi connectivity index (χ0n) is 10.3. The molecule has 1 aromatic heterocycles. The van der Waals surface area contributed by atoms with Gasteiger partial charge in [-0.1, -0.05) is 11.6 Å². The highest BCUT2D eigenvalue weighted by molar-refractivity contribution is 7.17. The lowest BCUT2D eigenvalue weighted by atomic mass is 9.98. The minimum atomic E-state index is 0. The lowest BCUT2D eigenvalue weighted by Gasteiger charge is -2.32. The Morgan fingerprint density at radius 1 is 1.61 bits per heavy atom. The number of carbonyl (C=O) groups excluding carboxylic acids is 1. The highest BCUT2D eigenvalue weighted by Crippen LogP contribution is 2.25. The van der Waals surface area contributed by atoms with E-state index in [1.165, 1.54) is 17.8 Å². The predicted octanol–water partition coefficient (Wildman–Crippen LogP) is 2.89. The van der Waals surface area contributed by atoms with Crippen molar-refractivity contribution in [2.24, 2.45) is 5.92 Å². The maximum Gasteiger partial charge on any atom is 0.263 e. The first kappa shape index (κ1) is 15.8. The van der Waals surface area contributed by atoms with Gasteiger partial charge in [0.15, 0.2) is 0 Å². The van der Waals surface area contributed by atoms with Crippen molar-refractivity contribution in [2.45, 2.75) is 12.8 Å². The second-order valence-corrected chi connectivity index (χ2v) is 6.14. The lowest BCUT2D eigenvalue weighted by Crippen LogP contribution is -2.42. The number of likely N-dealkylation sites (tertiary alicyclic amines) is 1. The smallest absolute Gasteiger partial charge is 0.263 e. The van der Waals surface area contributed by atoms with E-state index in [1.807, 2.05) is 18.0 Å². The molecule has 1 unspecified atom stereocenters. The molecule has 0 aliphatic carbocycles. The van der Waals surface area contributed by atoms with Crippen molar-refractivity contribution in [3.05, 3.63) is 21.3 Å². The molecule has 0 radical (unpaired) electrons. The third-order valence-corrected chi connectivity index (χ3v) is 4.30. The normalized spacial score (nSPS) is 19.4. The Morgan fingerprint density at radius 3 is 3.00 bits per heavy atom. The predicted molar refractivity (Wildman–Crippen MR) is 79.1 cm³/mol. The number of piperidine rings is 1. The van der Waals surface area contributed by atoms with Crippen LogP contribution in [0.15, 0.2) is 12.1 Å². The largest absolute Gasteiger partial charge is 0.338 e. The molecule has 1 fully saturated rings. The van der Waals surface area contributed by atoms with Gasteiger partial charge in [-0.2, -0.15) is 0 Å². The first-order valence-electron chi connectivity index (χ1n) is 5.90. The number of hydrogen-bond acceptors (Lipinski definition) is 3. The number of amides is 1. The van der Waals surface area contributed by atoms with Gasteiger partial charge in [-0.15, -0.1) is 23.7 Å². The summed E-state index contributed by atoms with van der Waals surface area (Å²) in [6, 6.07) is 3.60. The molecule has 1 atom stereocenters. The molecule has 0 spiro atoms. The Balaban J connectivity index is 0.00000162.